The third kappa shape index (κ3) is 1.05. The molecule has 3 heteroatoms. The highest BCUT2D eigenvalue weighted by atomic mass is 16.4. The highest BCUT2D eigenvalue weighted by Gasteiger charge is 1.95. The number of hydrogen-bond donors (Lipinski definition) is 1. The fourth-order valence-corrected chi connectivity index (χ4v) is 1.02. The first-order valence-electron chi connectivity index (χ1n) is 3.97. The summed E-state index contributed by atoms with van der Waals surface area (Å²) >= 11 is 0. The van der Waals surface area contributed by atoms with Crippen LogP contribution < -0.4 is 11.4 Å². The van der Waals surface area contributed by atoms with Crippen molar-refractivity contribution in [1.82, 2.24) is 0 Å². The summed E-state index contributed by atoms with van der Waals surface area (Å²) in [5, 5.41) is 0.707. The quantitative estimate of drug-likeness (QED) is 0.470. The minimum atomic E-state index is -0.641. The minimum Gasteiger partial charge on any atom is -0.423 e. The van der Waals surface area contributed by atoms with Crippen molar-refractivity contribution in [2.75, 3.05) is 5.73 Å². The molecule has 0 amide bonds. The topological polar surface area (TPSA) is 56.2 Å². The van der Waals surface area contributed by atoms with Crippen LogP contribution in [-0.2, 0) is 0 Å². The zero-order valence-electron chi connectivity index (χ0n) is 7.20. The molecule has 0 unspecified atom stereocenters. The van der Waals surface area contributed by atoms with E-state index < -0.39 is 5.63 Å². The fourth-order valence-electron chi connectivity index (χ4n) is 1.02. The summed E-state index contributed by atoms with van der Waals surface area (Å²) in [5.74, 6) is 0. The lowest BCUT2D eigenvalue weighted by Gasteiger charge is -1.95. The molecule has 0 spiro atoms. The molecule has 1 aromatic carbocycles. The normalized spacial score (nSPS) is 11.5. The van der Waals surface area contributed by atoms with Gasteiger partial charge in [-0.15, -0.1) is 0 Å². The maximum absolute atomic E-state index is 10.9. The molecular formula is C9H7NO2. The van der Waals surface area contributed by atoms with Crippen LogP contribution in [0.25, 0.3) is 11.0 Å². The zero-order valence-corrected chi connectivity index (χ0v) is 6.20. The van der Waals surface area contributed by atoms with Gasteiger partial charge in [-0.1, -0.05) is 0 Å². The molecule has 60 valence electrons. The third-order valence-corrected chi connectivity index (χ3v) is 1.59. The smallest absolute Gasteiger partial charge is 0.336 e. The van der Waals surface area contributed by atoms with Crippen LogP contribution in [-0.4, -0.2) is 0 Å². The Balaban J connectivity index is 2.89. The Labute approximate surface area is 69.8 Å². The van der Waals surface area contributed by atoms with Crippen molar-refractivity contribution >= 4 is 16.7 Å². The monoisotopic (exact) mass is 162 g/mol. The molecule has 0 saturated heterocycles. The van der Waals surface area contributed by atoms with E-state index in [9.17, 15) is 4.79 Å². The molecule has 0 bridgehead atoms. The molecule has 0 aliphatic rings. The Morgan fingerprint density at radius 1 is 1.42 bits per heavy atom. The first-order valence-corrected chi connectivity index (χ1v) is 3.47. The molecule has 0 saturated carbocycles. The van der Waals surface area contributed by atoms with Crippen molar-refractivity contribution in [3.05, 3.63) is 40.7 Å². The van der Waals surface area contributed by atoms with Gasteiger partial charge in [0.2, 0.25) is 0 Å². The Kier molecular flexibility index (Phi) is 1.15. The van der Waals surface area contributed by atoms with Gasteiger partial charge in [0, 0.05) is 23.2 Å². The number of nitrogen functional groups attached to an aromatic ring is 1. The van der Waals surface area contributed by atoms with Crippen molar-refractivity contribution in [3.63, 3.8) is 0 Å². The molecule has 2 N–H and O–H groups in total. The van der Waals surface area contributed by atoms with Crippen LogP contribution >= 0.6 is 0 Å². The molecule has 12 heavy (non-hydrogen) atoms. The van der Waals surface area contributed by atoms with Crippen molar-refractivity contribution in [2.24, 2.45) is 0 Å². The maximum atomic E-state index is 10.9. The van der Waals surface area contributed by atoms with E-state index in [4.69, 9.17) is 11.5 Å². The van der Waals surface area contributed by atoms with Gasteiger partial charge in [0.25, 0.3) is 0 Å². The number of rotatable bonds is 0. The van der Waals surface area contributed by atoms with Crippen LogP contribution in [0.15, 0.2) is 39.5 Å². The number of anilines is 1. The van der Waals surface area contributed by atoms with Gasteiger partial charge in [-0.3, -0.25) is 0 Å². The van der Waals surface area contributed by atoms with Crippen LogP contribution in [0.2, 0.25) is 0 Å². The number of hydrogen-bond acceptors (Lipinski definition) is 3. The van der Waals surface area contributed by atoms with E-state index in [1.54, 1.807) is 18.2 Å². The van der Waals surface area contributed by atoms with E-state index in [0.29, 0.717) is 16.7 Å². The van der Waals surface area contributed by atoms with E-state index >= 15 is 0 Å². The zero-order chi connectivity index (χ0) is 9.42. The molecule has 0 aliphatic carbocycles. The van der Waals surface area contributed by atoms with Gasteiger partial charge in [0.15, 0.2) is 0 Å². The Bertz CT molecular complexity index is 518. The van der Waals surface area contributed by atoms with Crippen LogP contribution in [0, 0.1) is 0 Å². The van der Waals surface area contributed by atoms with Crippen LogP contribution in [0.5, 0.6) is 0 Å². The predicted octanol–water partition coefficient (Wildman–Crippen LogP) is 1.38. The van der Waals surface area contributed by atoms with E-state index in [1.165, 1.54) is 6.07 Å². The van der Waals surface area contributed by atoms with Crippen molar-refractivity contribution in [3.8, 4) is 0 Å². The molecule has 2 rings (SSSR count). The summed E-state index contributed by atoms with van der Waals surface area (Å²) in [4.78, 5) is 10.9. The summed E-state index contributed by atoms with van der Waals surface area (Å²) in [6, 6.07) is 6.29. The molecule has 0 aliphatic heterocycles. The van der Waals surface area contributed by atoms with E-state index in [-0.39, 0.29) is 6.04 Å². The highest BCUT2D eigenvalue weighted by Crippen LogP contribution is 2.14. The maximum Gasteiger partial charge on any atom is 0.336 e. The standard InChI is InChI=1S/C9H7NO2/c10-7-3-1-6-2-4-9(11)12-8(6)5-7/h1-5H,10H2/i4D. The molecular weight excluding hydrogens is 154 g/mol. The molecule has 0 radical (unpaired) electrons. The summed E-state index contributed by atoms with van der Waals surface area (Å²) in [6.07, 6.45) is 0. The van der Waals surface area contributed by atoms with E-state index in [1.807, 2.05) is 0 Å². The van der Waals surface area contributed by atoms with Crippen molar-refractivity contribution in [2.45, 2.75) is 0 Å². The average molecular weight is 162 g/mol. The predicted molar refractivity (Wildman–Crippen MR) is 46.9 cm³/mol. The van der Waals surface area contributed by atoms with Crippen LogP contribution in [0.3, 0.4) is 0 Å². The van der Waals surface area contributed by atoms with Crippen molar-refractivity contribution < 1.29 is 5.79 Å². The Morgan fingerprint density at radius 2 is 2.25 bits per heavy atom. The van der Waals surface area contributed by atoms with Gasteiger partial charge in [0.05, 0.1) is 1.37 Å². The lowest BCUT2D eigenvalue weighted by atomic mass is 10.2. The van der Waals surface area contributed by atoms with Gasteiger partial charge in [0.1, 0.15) is 5.58 Å². The summed E-state index contributed by atoms with van der Waals surface area (Å²) in [6.45, 7) is 0. The van der Waals surface area contributed by atoms with E-state index in [0.717, 1.165) is 0 Å². The minimum absolute atomic E-state index is 0.141. The average Bonchev–Trinajstić information content (AvgIpc) is 2.08. The molecule has 1 heterocycles. The molecule has 0 fully saturated rings. The molecule has 3 nitrogen and oxygen atoms in total. The first-order chi connectivity index (χ1) is 6.16. The molecule has 0 atom stereocenters. The van der Waals surface area contributed by atoms with Gasteiger partial charge in [-0.2, -0.15) is 0 Å². The molecule has 2 aromatic rings. The summed E-state index contributed by atoms with van der Waals surface area (Å²) in [7, 11) is 0. The number of fused-ring (bicyclic) bond motifs is 1. The second-order valence-corrected chi connectivity index (χ2v) is 2.48. The van der Waals surface area contributed by atoms with Crippen molar-refractivity contribution in [1.29, 1.82) is 0 Å². The first kappa shape index (κ1) is 5.83. The van der Waals surface area contributed by atoms with E-state index in [2.05, 4.69) is 0 Å². The van der Waals surface area contributed by atoms with Gasteiger partial charge < -0.3 is 10.2 Å². The van der Waals surface area contributed by atoms with Crippen LogP contribution in [0.1, 0.15) is 1.37 Å². The fraction of sp³-hybridized carbons (Fsp3) is 0. The summed E-state index contributed by atoms with van der Waals surface area (Å²) in [5.41, 5.74) is 5.82. The Hall–Kier alpha value is -1.77. The second kappa shape index (κ2) is 2.37. The van der Waals surface area contributed by atoms with Gasteiger partial charge >= 0.3 is 5.63 Å². The number of benzene rings is 1. The lowest BCUT2D eigenvalue weighted by molar-refractivity contribution is 0.561. The SMILES string of the molecule is [2H]c1cc2ccc(N)cc2oc1=O. The highest BCUT2D eigenvalue weighted by molar-refractivity contribution is 5.79. The Morgan fingerprint density at radius 3 is 3.08 bits per heavy atom. The largest absolute Gasteiger partial charge is 0.423 e. The van der Waals surface area contributed by atoms with Gasteiger partial charge in [-0.25, -0.2) is 4.79 Å². The second-order valence-electron chi connectivity index (χ2n) is 2.48. The summed E-state index contributed by atoms with van der Waals surface area (Å²) < 4.78 is 12.1. The van der Waals surface area contributed by atoms with Crippen LogP contribution in [0.4, 0.5) is 5.69 Å². The number of nitrogens with two attached hydrogens (primary N) is 1. The lowest BCUT2D eigenvalue weighted by Crippen LogP contribution is -1.94. The molecule has 1 aromatic heterocycles. The van der Waals surface area contributed by atoms with Gasteiger partial charge in [-0.05, 0) is 18.2 Å². The third-order valence-electron chi connectivity index (χ3n) is 1.59.